The fraction of sp³-hybridized carbons (Fsp3) is 0.214. The van der Waals surface area contributed by atoms with E-state index in [0.29, 0.717) is 33.8 Å². The molecular weight excluding hydrogens is 544 g/mol. The number of carbonyl (C=O) groups excluding carboxylic acids is 1. The summed E-state index contributed by atoms with van der Waals surface area (Å²) < 4.78 is 39.6. The average molecular weight is 568 g/mol. The number of methoxy groups -OCH3 is 1. The molecule has 0 fully saturated rings. The molecule has 0 radical (unpaired) electrons. The second kappa shape index (κ2) is 10.9. The zero-order chi connectivity index (χ0) is 28.6. The Hall–Kier alpha value is -4.51. The largest absolute Gasteiger partial charge is 0.495 e. The van der Waals surface area contributed by atoms with Gasteiger partial charge in [0.1, 0.15) is 17.5 Å². The topological polar surface area (TPSA) is 104 Å². The number of pyridine rings is 1. The number of carbonyl (C=O) groups is 1. The highest BCUT2D eigenvalue weighted by Gasteiger charge is 2.24. The van der Waals surface area contributed by atoms with E-state index in [2.05, 4.69) is 15.6 Å². The highest BCUT2D eigenvalue weighted by molar-refractivity contribution is 6.31. The molecule has 3 aromatic heterocycles. The highest BCUT2D eigenvalue weighted by Crippen LogP contribution is 2.39. The van der Waals surface area contributed by atoms with Crippen molar-refractivity contribution in [3.05, 3.63) is 82.1 Å². The third kappa shape index (κ3) is 5.20. The number of anilines is 1. The van der Waals surface area contributed by atoms with Crippen LogP contribution in [0.25, 0.3) is 33.3 Å². The number of halogens is 3. The minimum atomic E-state index is -2.83. The predicted octanol–water partition coefficient (Wildman–Crippen LogP) is 6.25. The van der Waals surface area contributed by atoms with Crippen molar-refractivity contribution in [1.82, 2.24) is 19.5 Å². The van der Waals surface area contributed by atoms with Gasteiger partial charge in [0.05, 0.1) is 18.8 Å². The van der Waals surface area contributed by atoms with Gasteiger partial charge >= 0.3 is 0 Å². The van der Waals surface area contributed by atoms with Crippen molar-refractivity contribution in [3.8, 4) is 28.1 Å². The summed E-state index contributed by atoms with van der Waals surface area (Å²) in [7, 11) is 3.24. The van der Waals surface area contributed by atoms with Crippen molar-refractivity contribution in [2.75, 3.05) is 12.4 Å². The molecule has 1 amide bonds. The van der Waals surface area contributed by atoms with Crippen molar-refractivity contribution in [2.24, 2.45) is 7.05 Å². The van der Waals surface area contributed by atoms with Gasteiger partial charge in [0.15, 0.2) is 0 Å². The Kier molecular flexibility index (Phi) is 7.40. The van der Waals surface area contributed by atoms with Crippen LogP contribution < -0.4 is 15.6 Å². The van der Waals surface area contributed by atoms with Crippen LogP contribution in [0.5, 0.6) is 5.75 Å². The lowest BCUT2D eigenvalue weighted by atomic mass is 9.97. The Bertz CT molecular complexity index is 1780. The van der Waals surface area contributed by atoms with Crippen LogP contribution in [0.15, 0.2) is 70.2 Å². The van der Waals surface area contributed by atoms with Crippen LogP contribution in [-0.4, -0.2) is 32.5 Å². The van der Waals surface area contributed by atoms with Crippen molar-refractivity contribution >= 4 is 34.1 Å². The number of aryl methyl sites for hydroxylation is 1. The van der Waals surface area contributed by atoms with Crippen molar-refractivity contribution in [3.63, 3.8) is 0 Å². The van der Waals surface area contributed by atoms with Crippen molar-refractivity contribution < 1.29 is 22.8 Å². The molecule has 0 bridgehead atoms. The zero-order valence-electron chi connectivity index (χ0n) is 21.7. The predicted molar refractivity (Wildman–Crippen MR) is 147 cm³/mol. The third-order valence-corrected chi connectivity index (χ3v) is 6.70. The Morgan fingerprint density at radius 1 is 1.10 bits per heavy atom. The number of alkyl halides is 2. The van der Waals surface area contributed by atoms with Crippen LogP contribution in [0.2, 0.25) is 5.02 Å². The number of hydrogen-bond donors (Lipinski definition) is 1. The molecule has 1 N–H and O–H groups in total. The summed E-state index contributed by atoms with van der Waals surface area (Å²) in [5.41, 5.74) is 2.21. The molecule has 3 heterocycles. The summed E-state index contributed by atoms with van der Waals surface area (Å²) in [5, 5.41) is 12.2. The third-order valence-electron chi connectivity index (χ3n) is 6.47. The maximum atomic E-state index is 13.4. The van der Waals surface area contributed by atoms with Crippen LogP contribution in [0.1, 0.15) is 31.6 Å². The molecule has 0 saturated heterocycles. The molecule has 0 aliphatic carbocycles. The number of hydrogen-bond acceptors (Lipinski definition) is 6. The first-order chi connectivity index (χ1) is 19.2. The SMILES string of the molecule is CCC(C(=O)Nc1ccc2nn(C)cc2c1)n1cc(OC)c(-c2cc(Cl)ccc2-c2cc(C(F)F)on2)cc1=O. The summed E-state index contributed by atoms with van der Waals surface area (Å²) >= 11 is 6.26. The quantitative estimate of drug-likeness (QED) is 0.238. The van der Waals surface area contributed by atoms with E-state index in [1.54, 1.807) is 41.9 Å². The van der Waals surface area contributed by atoms with Crippen LogP contribution >= 0.6 is 11.6 Å². The fourth-order valence-corrected chi connectivity index (χ4v) is 4.76. The smallest absolute Gasteiger partial charge is 0.298 e. The molecule has 0 aliphatic heterocycles. The lowest BCUT2D eigenvalue weighted by Crippen LogP contribution is -2.32. The van der Waals surface area contributed by atoms with E-state index in [4.69, 9.17) is 20.9 Å². The fourth-order valence-electron chi connectivity index (χ4n) is 4.59. The Morgan fingerprint density at radius 3 is 2.60 bits per heavy atom. The van der Waals surface area contributed by atoms with E-state index in [0.717, 1.165) is 17.0 Å². The molecule has 40 heavy (non-hydrogen) atoms. The van der Waals surface area contributed by atoms with E-state index < -0.39 is 23.8 Å². The number of fused-ring (bicyclic) bond motifs is 1. The van der Waals surface area contributed by atoms with Crippen molar-refractivity contribution in [2.45, 2.75) is 25.8 Å². The van der Waals surface area contributed by atoms with Gasteiger partial charge in [-0.1, -0.05) is 29.7 Å². The lowest BCUT2D eigenvalue weighted by molar-refractivity contribution is -0.119. The molecule has 0 saturated carbocycles. The second-order valence-electron chi connectivity index (χ2n) is 9.10. The minimum absolute atomic E-state index is 0.143. The van der Waals surface area contributed by atoms with Gasteiger partial charge in [0.2, 0.25) is 11.7 Å². The van der Waals surface area contributed by atoms with Gasteiger partial charge in [-0.2, -0.15) is 5.10 Å². The summed E-state index contributed by atoms with van der Waals surface area (Å²) in [5.74, 6) is -0.699. The van der Waals surface area contributed by atoms with Crippen LogP contribution in [-0.2, 0) is 11.8 Å². The van der Waals surface area contributed by atoms with Gasteiger partial charge in [-0.25, -0.2) is 8.78 Å². The summed E-state index contributed by atoms with van der Waals surface area (Å²) in [6, 6.07) is 11.7. The number of aromatic nitrogens is 4. The molecule has 12 heteroatoms. The number of ether oxygens (including phenoxy) is 1. The van der Waals surface area contributed by atoms with Gasteiger partial charge in [0, 0.05) is 52.6 Å². The van der Waals surface area contributed by atoms with Crippen LogP contribution in [0.4, 0.5) is 14.5 Å². The van der Waals surface area contributed by atoms with E-state index in [9.17, 15) is 18.4 Å². The number of rotatable bonds is 8. The maximum Gasteiger partial charge on any atom is 0.298 e. The summed E-state index contributed by atoms with van der Waals surface area (Å²) in [6.45, 7) is 1.79. The molecule has 0 aliphatic rings. The second-order valence-corrected chi connectivity index (χ2v) is 9.53. The van der Waals surface area contributed by atoms with Gasteiger partial charge in [-0.15, -0.1) is 0 Å². The monoisotopic (exact) mass is 567 g/mol. The summed E-state index contributed by atoms with van der Waals surface area (Å²) in [4.78, 5) is 26.7. The molecule has 1 unspecified atom stereocenters. The molecule has 2 aromatic carbocycles. The van der Waals surface area contributed by atoms with Crippen LogP contribution in [0, 0.1) is 0 Å². The number of benzene rings is 2. The lowest BCUT2D eigenvalue weighted by Gasteiger charge is -2.20. The van der Waals surface area contributed by atoms with E-state index in [-0.39, 0.29) is 17.4 Å². The zero-order valence-corrected chi connectivity index (χ0v) is 22.4. The maximum absolute atomic E-state index is 13.4. The number of amides is 1. The van der Waals surface area contributed by atoms with Crippen molar-refractivity contribution in [1.29, 1.82) is 0 Å². The number of nitrogens with one attached hydrogen (secondary N) is 1. The van der Waals surface area contributed by atoms with E-state index in [1.165, 1.54) is 23.9 Å². The molecule has 9 nitrogen and oxygen atoms in total. The Morgan fingerprint density at radius 2 is 1.90 bits per heavy atom. The Balaban J connectivity index is 1.52. The molecule has 0 spiro atoms. The Labute approximate surface area is 231 Å². The first-order valence-electron chi connectivity index (χ1n) is 12.3. The molecule has 5 rings (SSSR count). The van der Waals surface area contributed by atoms with E-state index in [1.807, 2.05) is 19.3 Å². The van der Waals surface area contributed by atoms with Gasteiger partial charge < -0.3 is 14.6 Å². The normalized spacial score (nSPS) is 12.2. The van der Waals surface area contributed by atoms with Gasteiger partial charge in [-0.3, -0.25) is 18.8 Å². The average Bonchev–Trinajstić information content (AvgIpc) is 3.56. The minimum Gasteiger partial charge on any atom is -0.495 e. The number of nitrogens with zero attached hydrogens (tertiary/aromatic N) is 4. The molecular formula is C28H24ClF2N5O4. The summed E-state index contributed by atoms with van der Waals surface area (Å²) in [6.07, 6.45) is 0.779. The molecule has 206 valence electrons. The highest BCUT2D eigenvalue weighted by atomic mass is 35.5. The van der Waals surface area contributed by atoms with E-state index >= 15 is 0 Å². The molecule has 5 aromatic rings. The molecule has 1 atom stereocenters. The first kappa shape index (κ1) is 27.1. The first-order valence-corrected chi connectivity index (χ1v) is 12.7. The van der Waals surface area contributed by atoms with Gasteiger partial charge in [-0.05, 0) is 42.3 Å². The van der Waals surface area contributed by atoms with Gasteiger partial charge in [0.25, 0.3) is 12.0 Å². The van der Waals surface area contributed by atoms with Crippen LogP contribution in [0.3, 0.4) is 0 Å². The standard InChI is InChI=1S/C28H24ClF2N5O4/c1-4-23(28(38)32-17-6-8-21-15(9-17)13-35(2)33-21)36-14-25(39-3)20(11-26(36)37)19-10-16(29)5-7-18(19)22-12-24(27(30)31)40-34-22/h5-14,23,27H,4H2,1-3H3,(H,32,38).